The number of carbonyl (C=O) groups excluding carboxylic acids is 1. The van der Waals surface area contributed by atoms with Crippen molar-refractivity contribution in [3.05, 3.63) is 78.0 Å². The van der Waals surface area contributed by atoms with Gasteiger partial charge >= 0.3 is 0 Å². The Morgan fingerprint density at radius 2 is 1.86 bits per heavy atom. The summed E-state index contributed by atoms with van der Waals surface area (Å²) in [5.74, 6) is 0.509. The highest BCUT2D eigenvalue weighted by molar-refractivity contribution is 7.92. The molecule has 2 heterocycles. The number of hydrogen-bond acceptors (Lipinski definition) is 5. The molecule has 0 bridgehead atoms. The summed E-state index contributed by atoms with van der Waals surface area (Å²) < 4.78 is 27.8. The van der Waals surface area contributed by atoms with Gasteiger partial charge in [-0.1, -0.05) is 30.3 Å². The quantitative estimate of drug-likeness (QED) is 0.597. The Bertz CT molecular complexity index is 1110. The third-order valence-electron chi connectivity index (χ3n) is 4.34. The van der Waals surface area contributed by atoms with Gasteiger partial charge in [0.25, 0.3) is 10.0 Å². The van der Waals surface area contributed by atoms with Crippen molar-refractivity contribution in [2.75, 3.05) is 15.4 Å². The lowest BCUT2D eigenvalue weighted by molar-refractivity contribution is -0.115. The molecule has 28 heavy (non-hydrogen) atoms. The van der Waals surface area contributed by atoms with Crippen LogP contribution in [0.2, 0.25) is 0 Å². The zero-order chi connectivity index (χ0) is 19.6. The molecule has 0 atom stereocenters. The van der Waals surface area contributed by atoms with Crippen LogP contribution in [0.1, 0.15) is 11.1 Å². The second-order valence-corrected chi connectivity index (χ2v) is 8.10. The molecule has 0 saturated carbocycles. The summed E-state index contributed by atoms with van der Waals surface area (Å²) in [6.45, 7) is 0.626. The van der Waals surface area contributed by atoms with E-state index in [1.807, 2.05) is 30.3 Å². The zero-order valence-corrected chi connectivity index (χ0v) is 15.7. The summed E-state index contributed by atoms with van der Waals surface area (Å²) in [4.78, 5) is 15.8. The lowest BCUT2D eigenvalue weighted by Crippen LogP contribution is -2.13. The van der Waals surface area contributed by atoms with Crippen LogP contribution in [0.3, 0.4) is 0 Å². The molecule has 1 aliphatic heterocycles. The first-order chi connectivity index (χ1) is 13.5. The molecule has 1 amide bonds. The van der Waals surface area contributed by atoms with E-state index >= 15 is 0 Å². The Labute approximate surface area is 162 Å². The fourth-order valence-corrected chi connectivity index (χ4v) is 4.03. The lowest BCUT2D eigenvalue weighted by Gasteiger charge is -2.10. The molecule has 0 saturated heterocycles. The molecular formula is C20H18N4O3S. The molecular weight excluding hydrogens is 376 g/mol. The van der Waals surface area contributed by atoms with Crippen LogP contribution in [0.15, 0.2) is 71.8 Å². The van der Waals surface area contributed by atoms with Crippen molar-refractivity contribution in [2.45, 2.75) is 17.9 Å². The second kappa shape index (κ2) is 7.32. The summed E-state index contributed by atoms with van der Waals surface area (Å²) >= 11 is 0. The maximum Gasteiger partial charge on any atom is 0.261 e. The Morgan fingerprint density at radius 3 is 2.61 bits per heavy atom. The van der Waals surface area contributed by atoms with E-state index in [9.17, 15) is 13.2 Å². The van der Waals surface area contributed by atoms with E-state index in [2.05, 4.69) is 20.3 Å². The number of aromatic nitrogens is 1. The van der Waals surface area contributed by atoms with E-state index in [-0.39, 0.29) is 17.2 Å². The summed E-state index contributed by atoms with van der Waals surface area (Å²) in [6, 6.07) is 17.9. The Morgan fingerprint density at radius 1 is 1.04 bits per heavy atom. The molecule has 4 rings (SSSR count). The first-order valence-electron chi connectivity index (χ1n) is 8.69. The van der Waals surface area contributed by atoms with Gasteiger partial charge in [-0.15, -0.1) is 0 Å². The minimum Gasteiger partial charge on any atom is -0.366 e. The molecule has 3 aromatic rings. The largest absolute Gasteiger partial charge is 0.366 e. The number of nitrogens with one attached hydrogen (secondary N) is 3. The van der Waals surface area contributed by atoms with Crippen molar-refractivity contribution in [1.82, 2.24) is 4.98 Å². The maximum absolute atomic E-state index is 12.6. The molecule has 3 N–H and O–H groups in total. The number of benzene rings is 2. The van der Waals surface area contributed by atoms with Crippen LogP contribution in [-0.2, 0) is 27.8 Å². The van der Waals surface area contributed by atoms with Crippen LogP contribution >= 0.6 is 0 Å². The Balaban J connectivity index is 1.43. The van der Waals surface area contributed by atoms with E-state index in [0.717, 1.165) is 5.56 Å². The van der Waals surface area contributed by atoms with Crippen molar-refractivity contribution in [2.24, 2.45) is 0 Å². The van der Waals surface area contributed by atoms with E-state index in [4.69, 9.17) is 0 Å². The number of amides is 1. The summed E-state index contributed by atoms with van der Waals surface area (Å²) in [5.41, 5.74) is 2.81. The van der Waals surface area contributed by atoms with Gasteiger partial charge in [-0.3, -0.25) is 9.52 Å². The molecule has 8 heteroatoms. The Hall–Kier alpha value is -3.39. The molecule has 7 nitrogen and oxygen atoms in total. The van der Waals surface area contributed by atoms with Crippen LogP contribution in [0.4, 0.5) is 17.2 Å². The predicted octanol–water partition coefficient (Wildman–Crippen LogP) is 2.99. The molecule has 1 aromatic heterocycles. The van der Waals surface area contributed by atoms with E-state index in [1.54, 1.807) is 18.2 Å². The average molecular weight is 394 g/mol. The topological polar surface area (TPSA) is 100 Å². The molecule has 0 unspecified atom stereocenters. The second-order valence-electron chi connectivity index (χ2n) is 6.42. The van der Waals surface area contributed by atoms with Crippen LogP contribution in [-0.4, -0.2) is 19.3 Å². The summed E-state index contributed by atoms with van der Waals surface area (Å²) in [7, 11) is -3.77. The standard InChI is InChI=1S/C20H18N4O3S/c25-20-11-15-10-17(7-8-18(15)23-20)28(26,27)24-16-6-9-19(22-13-16)21-12-14-4-2-1-3-5-14/h1-10,13,24H,11-12H2,(H,21,22)(H,23,25). The van der Waals surface area contributed by atoms with E-state index in [0.29, 0.717) is 29.3 Å². The average Bonchev–Trinajstić information content (AvgIpc) is 3.07. The molecule has 142 valence electrons. The number of nitrogens with zero attached hydrogens (tertiary/aromatic N) is 1. The van der Waals surface area contributed by atoms with E-state index in [1.165, 1.54) is 18.3 Å². The maximum atomic E-state index is 12.6. The predicted molar refractivity (Wildman–Crippen MR) is 108 cm³/mol. The van der Waals surface area contributed by atoms with Gasteiger partial charge in [0.1, 0.15) is 5.82 Å². The number of fused-ring (bicyclic) bond motifs is 1. The van der Waals surface area contributed by atoms with Crippen molar-refractivity contribution >= 4 is 33.1 Å². The van der Waals surface area contributed by atoms with Gasteiger partial charge in [0.05, 0.1) is 23.2 Å². The van der Waals surface area contributed by atoms with Gasteiger partial charge in [0, 0.05) is 12.2 Å². The van der Waals surface area contributed by atoms with Gasteiger partial charge in [-0.2, -0.15) is 0 Å². The fourth-order valence-electron chi connectivity index (χ4n) is 2.93. The van der Waals surface area contributed by atoms with Crippen LogP contribution in [0.25, 0.3) is 0 Å². The first kappa shape index (κ1) is 18.0. The van der Waals surface area contributed by atoms with Gasteiger partial charge in [0.2, 0.25) is 5.91 Å². The minimum atomic E-state index is -3.77. The molecule has 0 aliphatic carbocycles. The smallest absolute Gasteiger partial charge is 0.261 e. The van der Waals surface area contributed by atoms with Gasteiger partial charge in [-0.25, -0.2) is 13.4 Å². The van der Waals surface area contributed by atoms with Crippen LogP contribution in [0.5, 0.6) is 0 Å². The van der Waals surface area contributed by atoms with Gasteiger partial charge < -0.3 is 10.6 Å². The van der Waals surface area contributed by atoms with Crippen LogP contribution in [0, 0.1) is 0 Å². The highest BCUT2D eigenvalue weighted by atomic mass is 32.2. The molecule has 0 spiro atoms. The third kappa shape index (κ3) is 3.96. The highest BCUT2D eigenvalue weighted by Crippen LogP contribution is 2.26. The first-order valence-corrected chi connectivity index (χ1v) is 10.2. The number of anilines is 3. The van der Waals surface area contributed by atoms with Crippen LogP contribution < -0.4 is 15.4 Å². The number of sulfonamides is 1. The van der Waals surface area contributed by atoms with Crippen molar-refractivity contribution in [3.8, 4) is 0 Å². The third-order valence-corrected chi connectivity index (χ3v) is 5.72. The molecule has 1 aliphatic rings. The minimum absolute atomic E-state index is 0.106. The normalized spacial score (nSPS) is 12.9. The Kier molecular flexibility index (Phi) is 4.70. The molecule has 0 fully saturated rings. The van der Waals surface area contributed by atoms with Gasteiger partial charge in [0.15, 0.2) is 0 Å². The lowest BCUT2D eigenvalue weighted by atomic mass is 10.2. The fraction of sp³-hybridized carbons (Fsp3) is 0.100. The number of pyridine rings is 1. The monoisotopic (exact) mass is 394 g/mol. The zero-order valence-electron chi connectivity index (χ0n) is 14.8. The molecule has 0 radical (unpaired) electrons. The van der Waals surface area contributed by atoms with Crippen molar-refractivity contribution in [1.29, 1.82) is 0 Å². The summed E-state index contributed by atoms with van der Waals surface area (Å²) in [6.07, 6.45) is 1.64. The van der Waals surface area contributed by atoms with E-state index < -0.39 is 10.0 Å². The van der Waals surface area contributed by atoms with Gasteiger partial charge in [-0.05, 0) is 41.5 Å². The van der Waals surface area contributed by atoms with Crippen molar-refractivity contribution in [3.63, 3.8) is 0 Å². The summed E-state index contributed by atoms with van der Waals surface area (Å²) in [5, 5.41) is 5.87. The number of rotatable bonds is 6. The SMILES string of the molecule is O=C1Cc2cc(S(=O)(=O)Nc3ccc(NCc4ccccc4)nc3)ccc2N1. The number of hydrogen-bond donors (Lipinski definition) is 3. The van der Waals surface area contributed by atoms with Crippen molar-refractivity contribution < 1.29 is 13.2 Å². The number of carbonyl (C=O) groups is 1. The molecule has 2 aromatic carbocycles. The highest BCUT2D eigenvalue weighted by Gasteiger charge is 2.22.